The van der Waals surface area contributed by atoms with Crippen molar-refractivity contribution >= 4 is 17.5 Å². The van der Waals surface area contributed by atoms with Gasteiger partial charge >= 0.3 is 0 Å². The highest BCUT2D eigenvalue weighted by molar-refractivity contribution is 8.00. The zero-order valence-corrected chi connectivity index (χ0v) is 14.5. The molecule has 1 atom stereocenters. The van der Waals surface area contributed by atoms with E-state index in [1.54, 1.807) is 24.5 Å². The Morgan fingerprint density at radius 2 is 1.88 bits per heavy atom. The Kier molecular flexibility index (Phi) is 4.76. The highest BCUT2D eigenvalue weighted by Crippen LogP contribution is 2.28. The Bertz CT molecular complexity index is 862. The summed E-state index contributed by atoms with van der Waals surface area (Å²) in [6.07, 6.45) is 3.33. The van der Waals surface area contributed by atoms with E-state index in [1.165, 1.54) is 11.8 Å². The number of benzene rings is 1. The van der Waals surface area contributed by atoms with Crippen molar-refractivity contribution in [2.75, 3.05) is 0 Å². The molecule has 1 unspecified atom stereocenters. The number of carbonyl (C=O) groups is 1. The highest BCUT2D eigenvalue weighted by Gasteiger charge is 2.21. The number of pyridine rings is 1. The van der Waals surface area contributed by atoms with Gasteiger partial charge in [-0.15, -0.1) is 10.2 Å². The van der Waals surface area contributed by atoms with E-state index < -0.39 is 0 Å². The van der Waals surface area contributed by atoms with Crippen LogP contribution in [0.1, 0.15) is 28.4 Å². The summed E-state index contributed by atoms with van der Waals surface area (Å²) in [7, 11) is 0. The molecule has 0 aliphatic rings. The molecule has 24 heavy (non-hydrogen) atoms. The van der Waals surface area contributed by atoms with Crippen LogP contribution >= 0.6 is 11.8 Å². The molecule has 0 fully saturated rings. The fraction of sp³-hybridized carbons (Fsp3) is 0.222. The molecule has 2 heterocycles. The molecule has 0 N–H and O–H groups in total. The summed E-state index contributed by atoms with van der Waals surface area (Å²) in [5.41, 5.74) is 3.58. The maximum Gasteiger partial charge on any atom is 0.277 e. The number of carbonyl (C=O) groups excluding carboxylic acids is 1. The molecule has 0 amide bonds. The molecule has 5 nitrogen and oxygen atoms in total. The van der Waals surface area contributed by atoms with Gasteiger partial charge in [-0.1, -0.05) is 29.5 Å². The molecular formula is C18H17N3O2S. The summed E-state index contributed by atoms with van der Waals surface area (Å²) in [4.78, 5) is 16.6. The standard InChI is InChI=1S/C18H17N3O2S/c1-11-4-5-12(2)15(10-11)16(22)13(3)24-18-21-20-17(23-18)14-6-8-19-9-7-14/h4-10,13H,1-3H3. The van der Waals surface area contributed by atoms with Gasteiger partial charge in [-0.25, -0.2) is 0 Å². The van der Waals surface area contributed by atoms with Crippen LogP contribution in [-0.4, -0.2) is 26.2 Å². The summed E-state index contributed by atoms with van der Waals surface area (Å²) in [5.74, 6) is 0.483. The van der Waals surface area contributed by atoms with E-state index >= 15 is 0 Å². The van der Waals surface area contributed by atoms with Crippen LogP contribution in [0.5, 0.6) is 0 Å². The number of thioether (sulfide) groups is 1. The van der Waals surface area contributed by atoms with Gasteiger partial charge in [-0.05, 0) is 44.5 Å². The van der Waals surface area contributed by atoms with Crippen molar-refractivity contribution in [1.29, 1.82) is 0 Å². The maximum atomic E-state index is 12.7. The molecule has 0 aliphatic carbocycles. The SMILES string of the molecule is Cc1ccc(C)c(C(=O)C(C)Sc2nnc(-c3ccncc3)o2)c1. The molecule has 1 aromatic carbocycles. The zero-order chi connectivity index (χ0) is 17.1. The van der Waals surface area contributed by atoms with Crippen LogP contribution in [0.15, 0.2) is 52.4 Å². The molecule has 3 aromatic rings. The van der Waals surface area contributed by atoms with E-state index in [9.17, 15) is 4.79 Å². The van der Waals surface area contributed by atoms with E-state index in [2.05, 4.69) is 15.2 Å². The Morgan fingerprint density at radius 3 is 2.62 bits per heavy atom. The van der Waals surface area contributed by atoms with Crippen LogP contribution in [0.4, 0.5) is 0 Å². The van der Waals surface area contributed by atoms with Crippen LogP contribution in [-0.2, 0) is 0 Å². The molecule has 0 saturated carbocycles. The predicted octanol–water partition coefficient (Wildman–Crippen LogP) is 4.11. The largest absolute Gasteiger partial charge is 0.411 e. The van der Waals surface area contributed by atoms with E-state index in [4.69, 9.17) is 4.42 Å². The van der Waals surface area contributed by atoms with Crippen LogP contribution < -0.4 is 0 Å². The van der Waals surface area contributed by atoms with Crippen molar-refractivity contribution in [3.8, 4) is 11.5 Å². The second-order valence-electron chi connectivity index (χ2n) is 5.55. The summed E-state index contributed by atoms with van der Waals surface area (Å²) in [6.45, 7) is 5.77. The second-order valence-corrected chi connectivity index (χ2v) is 6.84. The molecule has 0 saturated heterocycles. The number of aryl methyl sites for hydroxylation is 2. The number of Topliss-reactive ketones (excluding diaryl/α,β-unsaturated/α-hetero) is 1. The fourth-order valence-corrected chi connectivity index (χ4v) is 3.05. The molecule has 3 rings (SSSR count). The molecule has 0 spiro atoms. The fourth-order valence-electron chi connectivity index (χ4n) is 2.29. The van der Waals surface area contributed by atoms with Crippen molar-refractivity contribution in [3.05, 3.63) is 59.4 Å². The van der Waals surface area contributed by atoms with Crippen LogP contribution in [0.25, 0.3) is 11.5 Å². The minimum atomic E-state index is -0.309. The Labute approximate surface area is 144 Å². The molecule has 0 radical (unpaired) electrons. The highest BCUT2D eigenvalue weighted by atomic mass is 32.2. The van der Waals surface area contributed by atoms with Crippen LogP contribution in [0, 0.1) is 13.8 Å². The average Bonchev–Trinajstić information content (AvgIpc) is 3.05. The minimum Gasteiger partial charge on any atom is -0.411 e. The number of hydrogen-bond donors (Lipinski definition) is 0. The molecule has 2 aromatic heterocycles. The van der Waals surface area contributed by atoms with E-state index in [1.807, 2.05) is 39.0 Å². The van der Waals surface area contributed by atoms with Gasteiger partial charge in [0.15, 0.2) is 5.78 Å². The normalized spacial score (nSPS) is 12.1. The zero-order valence-electron chi connectivity index (χ0n) is 13.7. The quantitative estimate of drug-likeness (QED) is 0.515. The first-order valence-corrected chi connectivity index (χ1v) is 8.44. The summed E-state index contributed by atoms with van der Waals surface area (Å²) < 4.78 is 5.64. The lowest BCUT2D eigenvalue weighted by molar-refractivity contribution is 0.0993. The van der Waals surface area contributed by atoms with Gasteiger partial charge in [-0.2, -0.15) is 0 Å². The first kappa shape index (κ1) is 16.4. The van der Waals surface area contributed by atoms with E-state index in [0.717, 1.165) is 22.3 Å². The maximum absolute atomic E-state index is 12.7. The lowest BCUT2D eigenvalue weighted by atomic mass is 10.0. The lowest BCUT2D eigenvalue weighted by Gasteiger charge is -2.10. The van der Waals surface area contributed by atoms with Gasteiger partial charge in [-0.3, -0.25) is 9.78 Å². The van der Waals surface area contributed by atoms with Gasteiger partial charge in [0.25, 0.3) is 5.22 Å². The third kappa shape index (κ3) is 3.54. The topological polar surface area (TPSA) is 68.9 Å². The lowest BCUT2D eigenvalue weighted by Crippen LogP contribution is -2.15. The second kappa shape index (κ2) is 6.97. The number of hydrogen-bond acceptors (Lipinski definition) is 6. The monoisotopic (exact) mass is 339 g/mol. The van der Waals surface area contributed by atoms with Crippen molar-refractivity contribution in [3.63, 3.8) is 0 Å². The summed E-state index contributed by atoms with van der Waals surface area (Å²) >= 11 is 1.27. The van der Waals surface area contributed by atoms with Crippen LogP contribution in [0.3, 0.4) is 0 Å². The van der Waals surface area contributed by atoms with E-state index in [0.29, 0.717) is 11.1 Å². The van der Waals surface area contributed by atoms with Crippen molar-refractivity contribution in [2.24, 2.45) is 0 Å². The minimum absolute atomic E-state index is 0.0601. The van der Waals surface area contributed by atoms with Crippen LogP contribution in [0.2, 0.25) is 0 Å². The third-order valence-corrected chi connectivity index (χ3v) is 4.57. The smallest absolute Gasteiger partial charge is 0.277 e. The van der Waals surface area contributed by atoms with Crippen molar-refractivity contribution < 1.29 is 9.21 Å². The molecule has 6 heteroatoms. The summed E-state index contributed by atoms with van der Waals surface area (Å²) in [6, 6.07) is 9.49. The van der Waals surface area contributed by atoms with Gasteiger partial charge < -0.3 is 4.42 Å². The summed E-state index contributed by atoms with van der Waals surface area (Å²) in [5, 5.41) is 8.12. The first-order chi connectivity index (χ1) is 11.5. The van der Waals surface area contributed by atoms with Crippen molar-refractivity contribution in [2.45, 2.75) is 31.2 Å². The average molecular weight is 339 g/mol. The number of ketones is 1. The Hall–Kier alpha value is -2.47. The predicted molar refractivity (Wildman–Crippen MR) is 93.1 cm³/mol. The molecule has 0 bridgehead atoms. The van der Waals surface area contributed by atoms with Gasteiger partial charge in [0, 0.05) is 23.5 Å². The van der Waals surface area contributed by atoms with Gasteiger partial charge in [0.05, 0.1) is 5.25 Å². The van der Waals surface area contributed by atoms with Gasteiger partial charge in [0.1, 0.15) is 0 Å². The Morgan fingerprint density at radius 1 is 1.12 bits per heavy atom. The number of rotatable bonds is 5. The van der Waals surface area contributed by atoms with E-state index in [-0.39, 0.29) is 11.0 Å². The van der Waals surface area contributed by atoms with Crippen molar-refractivity contribution in [1.82, 2.24) is 15.2 Å². The number of nitrogens with zero attached hydrogens (tertiary/aromatic N) is 3. The third-order valence-electron chi connectivity index (χ3n) is 3.64. The van der Waals surface area contributed by atoms with Gasteiger partial charge in [0.2, 0.25) is 5.89 Å². The Balaban J connectivity index is 1.75. The molecule has 122 valence electrons. The number of aromatic nitrogens is 3. The molecule has 0 aliphatic heterocycles. The first-order valence-electron chi connectivity index (χ1n) is 7.56. The molecular weight excluding hydrogens is 322 g/mol.